The van der Waals surface area contributed by atoms with Crippen LogP contribution in [0.25, 0.3) is 0 Å². The summed E-state index contributed by atoms with van der Waals surface area (Å²) in [6, 6.07) is 9.80. The van der Waals surface area contributed by atoms with E-state index >= 15 is 0 Å². The average Bonchev–Trinajstić information content (AvgIpc) is 3.14. The number of benzene rings is 1. The zero-order chi connectivity index (χ0) is 16.9. The van der Waals surface area contributed by atoms with Gasteiger partial charge in [-0.15, -0.1) is 11.3 Å². The first-order valence-electron chi connectivity index (χ1n) is 8.30. The summed E-state index contributed by atoms with van der Waals surface area (Å²) >= 11 is 1.59. The van der Waals surface area contributed by atoms with Crippen molar-refractivity contribution in [2.24, 2.45) is 0 Å². The van der Waals surface area contributed by atoms with E-state index in [0.29, 0.717) is 18.7 Å². The number of fused-ring (bicyclic) bond motifs is 1. The highest BCUT2D eigenvalue weighted by atomic mass is 32.1. The Morgan fingerprint density at radius 1 is 1.21 bits per heavy atom. The Kier molecular flexibility index (Phi) is 5.30. The standard InChI is InChI=1S/C19H21NO3S/c1-2-23-19(22)18-14-9-6-10-15(14)24-16(18)11-17(21)20-12-13-7-4-3-5-8-13/h3-5,7-8H,2,6,9-12H2,1H3,(H,20,21). The van der Waals surface area contributed by atoms with Crippen molar-refractivity contribution in [3.05, 3.63) is 56.8 Å². The molecule has 1 aromatic carbocycles. The molecule has 1 aliphatic rings. The first-order chi connectivity index (χ1) is 11.7. The van der Waals surface area contributed by atoms with E-state index < -0.39 is 0 Å². The number of ether oxygens (including phenoxy) is 1. The van der Waals surface area contributed by atoms with Gasteiger partial charge in [-0.25, -0.2) is 4.79 Å². The monoisotopic (exact) mass is 343 g/mol. The van der Waals surface area contributed by atoms with Gasteiger partial charge in [-0.2, -0.15) is 0 Å². The maximum absolute atomic E-state index is 12.3. The van der Waals surface area contributed by atoms with E-state index in [0.717, 1.165) is 35.3 Å². The number of rotatable bonds is 6. The minimum absolute atomic E-state index is 0.0654. The Balaban J connectivity index is 1.70. The molecule has 0 spiro atoms. The molecule has 126 valence electrons. The predicted molar refractivity (Wildman–Crippen MR) is 94.3 cm³/mol. The third-order valence-corrected chi connectivity index (χ3v) is 5.42. The van der Waals surface area contributed by atoms with E-state index in [9.17, 15) is 9.59 Å². The van der Waals surface area contributed by atoms with Gasteiger partial charge in [0.1, 0.15) is 0 Å². The highest BCUT2D eigenvalue weighted by Crippen LogP contribution is 2.36. The summed E-state index contributed by atoms with van der Waals surface area (Å²) in [6.07, 6.45) is 3.22. The van der Waals surface area contributed by atoms with Crippen LogP contribution in [0.1, 0.15) is 44.6 Å². The highest BCUT2D eigenvalue weighted by molar-refractivity contribution is 7.12. The Morgan fingerprint density at radius 3 is 2.75 bits per heavy atom. The molecule has 2 aromatic rings. The lowest BCUT2D eigenvalue weighted by Gasteiger charge is -2.07. The van der Waals surface area contributed by atoms with E-state index in [1.807, 2.05) is 30.3 Å². The molecule has 0 bridgehead atoms. The van der Waals surface area contributed by atoms with Crippen LogP contribution in [0.4, 0.5) is 0 Å². The molecule has 1 aromatic heterocycles. The quantitative estimate of drug-likeness (QED) is 0.819. The first kappa shape index (κ1) is 16.7. The number of aryl methyl sites for hydroxylation is 1. The Hall–Kier alpha value is -2.14. The second-order valence-corrected chi connectivity index (χ2v) is 7.00. The van der Waals surface area contributed by atoms with Crippen molar-refractivity contribution < 1.29 is 14.3 Å². The van der Waals surface area contributed by atoms with Crippen molar-refractivity contribution in [2.45, 2.75) is 39.2 Å². The summed E-state index contributed by atoms with van der Waals surface area (Å²) < 4.78 is 5.20. The molecule has 1 aliphatic carbocycles. The first-order valence-corrected chi connectivity index (χ1v) is 9.11. The maximum atomic E-state index is 12.3. The minimum Gasteiger partial charge on any atom is -0.462 e. The molecule has 0 aliphatic heterocycles. The third kappa shape index (κ3) is 3.67. The molecule has 1 heterocycles. The summed E-state index contributed by atoms with van der Waals surface area (Å²) in [4.78, 5) is 26.7. The molecule has 0 radical (unpaired) electrons. The molecular weight excluding hydrogens is 322 g/mol. The van der Waals surface area contributed by atoms with E-state index in [2.05, 4.69) is 5.32 Å². The lowest BCUT2D eigenvalue weighted by Crippen LogP contribution is -2.25. The van der Waals surface area contributed by atoms with Gasteiger partial charge in [0.2, 0.25) is 5.91 Å². The number of carbonyl (C=O) groups is 2. The van der Waals surface area contributed by atoms with Crippen LogP contribution in [-0.2, 0) is 35.3 Å². The topological polar surface area (TPSA) is 55.4 Å². The van der Waals surface area contributed by atoms with Crippen molar-refractivity contribution in [2.75, 3.05) is 6.61 Å². The molecule has 3 rings (SSSR count). The summed E-state index contributed by atoms with van der Waals surface area (Å²) in [5.74, 6) is -0.355. The summed E-state index contributed by atoms with van der Waals surface area (Å²) in [5.41, 5.74) is 2.80. The molecule has 0 fully saturated rings. The highest BCUT2D eigenvalue weighted by Gasteiger charge is 2.28. The molecule has 5 heteroatoms. The van der Waals surface area contributed by atoms with Gasteiger partial charge in [-0.05, 0) is 37.3 Å². The fourth-order valence-electron chi connectivity index (χ4n) is 3.03. The van der Waals surface area contributed by atoms with Gasteiger partial charge in [0.15, 0.2) is 0 Å². The van der Waals surface area contributed by atoms with Crippen LogP contribution in [0.3, 0.4) is 0 Å². The van der Waals surface area contributed by atoms with Gasteiger partial charge in [-0.3, -0.25) is 4.79 Å². The third-order valence-electron chi connectivity index (χ3n) is 4.13. The van der Waals surface area contributed by atoms with Crippen LogP contribution >= 0.6 is 11.3 Å². The van der Waals surface area contributed by atoms with Crippen LogP contribution in [0, 0.1) is 0 Å². The Morgan fingerprint density at radius 2 is 2.00 bits per heavy atom. The van der Waals surface area contributed by atoms with Crippen LogP contribution in [0.2, 0.25) is 0 Å². The fraction of sp³-hybridized carbons (Fsp3) is 0.368. The van der Waals surface area contributed by atoms with E-state index in [4.69, 9.17) is 4.74 Å². The summed E-state index contributed by atoms with van der Waals surface area (Å²) in [5, 5.41) is 2.93. The minimum atomic E-state index is -0.289. The number of esters is 1. The molecule has 0 saturated heterocycles. The van der Waals surface area contributed by atoms with E-state index in [1.54, 1.807) is 18.3 Å². The molecule has 0 saturated carbocycles. The SMILES string of the molecule is CCOC(=O)c1c(CC(=O)NCc2ccccc2)sc2c1CCC2. The van der Waals surface area contributed by atoms with Gasteiger partial charge in [0.05, 0.1) is 18.6 Å². The van der Waals surface area contributed by atoms with Gasteiger partial charge in [0.25, 0.3) is 0 Å². The maximum Gasteiger partial charge on any atom is 0.339 e. The molecule has 0 atom stereocenters. The summed E-state index contributed by atoms with van der Waals surface area (Å²) in [7, 11) is 0. The van der Waals surface area contributed by atoms with E-state index in [-0.39, 0.29) is 18.3 Å². The lowest BCUT2D eigenvalue weighted by atomic mass is 10.1. The van der Waals surface area contributed by atoms with Crippen LogP contribution in [-0.4, -0.2) is 18.5 Å². The molecule has 0 unspecified atom stereocenters. The van der Waals surface area contributed by atoms with Crippen molar-refractivity contribution in [3.63, 3.8) is 0 Å². The van der Waals surface area contributed by atoms with Gasteiger partial charge in [-0.1, -0.05) is 30.3 Å². The Bertz CT molecular complexity index is 737. The molecule has 1 N–H and O–H groups in total. The number of thiophene rings is 1. The number of hydrogen-bond acceptors (Lipinski definition) is 4. The molecule has 24 heavy (non-hydrogen) atoms. The van der Waals surface area contributed by atoms with Crippen LogP contribution in [0.5, 0.6) is 0 Å². The predicted octanol–water partition coefficient (Wildman–Crippen LogP) is 3.27. The van der Waals surface area contributed by atoms with Crippen molar-refractivity contribution >= 4 is 23.2 Å². The van der Waals surface area contributed by atoms with Crippen molar-refractivity contribution in [1.29, 1.82) is 0 Å². The van der Waals surface area contributed by atoms with Gasteiger partial charge >= 0.3 is 5.97 Å². The van der Waals surface area contributed by atoms with Gasteiger partial charge in [0, 0.05) is 16.3 Å². The van der Waals surface area contributed by atoms with E-state index in [1.165, 1.54) is 4.88 Å². The van der Waals surface area contributed by atoms with Crippen LogP contribution in [0.15, 0.2) is 30.3 Å². The molecule has 1 amide bonds. The second kappa shape index (κ2) is 7.62. The number of hydrogen-bond donors (Lipinski definition) is 1. The largest absolute Gasteiger partial charge is 0.462 e. The number of carbonyl (C=O) groups excluding carboxylic acids is 2. The molecule has 4 nitrogen and oxygen atoms in total. The fourth-order valence-corrected chi connectivity index (χ4v) is 4.41. The average molecular weight is 343 g/mol. The van der Waals surface area contributed by atoms with Crippen molar-refractivity contribution in [1.82, 2.24) is 5.32 Å². The smallest absolute Gasteiger partial charge is 0.339 e. The summed E-state index contributed by atoms with van der Waals surface area (Å²) in [6.45, 7) is 2.65. The molecular formula is C19H21NO3S. The lowest BCUT2D eigenvalue weighted by molar-refractivity contribution is -0.120. The zero-order valence-corrected chi connectivity index (χ0v) is 14.6. The second-order valence-electron chi connectivity index (χ2n) is 5.82. The Labute approximate surface area is 145 Å². The zero-order valence-electron chi connectivity index (χ0n) is 13.8. The van der Waals surface area contributed by atoms with Gasteiger partial charge < -0.3 is 10.1 Å². The van der Waals surface area contributed by atoms with Crippen molar-refractivity contribution in [3.8, 4) is 0 Å². The normalized spacial score (nSPS) is 12.7. The number of nitrogens with one attached hydrogen (secondary N) is 1. The number of amides is 1. The van der Waals surface area contributed by atoms with Crippen LogP contribution < -0.4 is 5.32 Å².